The van der Waals surface area contributed by atoms with Crippen molar-refractivity contribution in [1.82, 2.24) is 9.21 Å². The van der Waals surface area contributed by atoms with Crippen molar-refractivity contribution in [3.8, 4) is 0 Å². The van der Waals surface area contributed by atoms with Crippen LogP contribution in [0.15, 0.2) is 0 Å². The Balaban J connectivity index is 1.75. The summed E-state index contributed by atoms with van der Waals surface area (Å²) in [5.74, 6) is 0.218. The van der Waals surface area contributed by atoms with Crippen molar-refractivity contribution in [1.29, 1.82) is 0 Å². The van der Waals surface area contributed by atoms with Gasteiger partial charge in [-0.05, 0) is 39.0 Å². The Morgan fingerprint density at radius 2 is 1.84 bits per heavy atom. The van der Waals surface area contributed by atoms with E-state index >= 15 is 0 Å². The predicted molar refractivity (Wildman–Crippen MR) is 97.5 cm³/mol. The number of carbonyl (C=O) groups is 1. The number of hydrogen-bond acceptors (Lipinski definition) is 5. The molecule has 1 amide bonds. The number of carbonyl (C=O) groups excluding carboxylic acids is 1. The van der Waals surface area contributed by atoms with Crippen LogP contribution < -0.4 is 0 Å². The summed E-state index contributed by atoms with van der Waals surface area (Å²) in [5.41, 5.74) is 0. The number of amides is 1. The maximum absolute atomic E-state index is 12.4. The van der Waals surface area contributed by atoms with Crippen molar-refractivity contribution in [2.75, 3.05) is 36.9 Å². The smallest absolute Gasteiger partial charge is 0.222 e. The Morgan fingerprint density at radius 1 is 1.16 bits per heavy atom. The third-order valence-corrected chi connectivity index (χ3v) is 8.77. The molecule has 1 atom stereocenters. The van der Waals surface area contributed by atoms with Gasteiger partial charge in [0.1, 0.15) is 0 Å². The third-order valence-electron chi connectivity index (χ3n) is 5.06. The van der Waals surface area contributed by atoms with Crippen molar-refractivity contribution in [3.05, 3.63) is 0 Å². The first-order valence-corrected chi connectivity index (χ1v) is 12.7. The van der Waals surface area contributed by atoms with Crippen molar-refractivity contribution in [2.45, 2.75) is 57.9 Å². The molecule has 0 aromatic heterocycles. The molecule has 0 radical (unpaired) electrons. The lowest BCUT2D eigenvalue weighted by atomic mass is 10.1. The van der Waals surface area contributed by atoms with Gasteiger partial charge in [-0.1, -0.05) is 6.42 Å². The lowest BCUT2D eigenvalue weighted by Crippen LogP contribution is -2.41. The molecular formula is C16H30N2O5S2. The summed E-state index contributed by atoms with van der Waals surface area (Å²) in [4.78, 5) is 14.0. The molecule has 146 valence electrons. The lowest BCUT2D eigenvalue weighted by Gasteiger charge is -2.27. The number of unbranched alkanes of at least 4 members (excludes halogenated alkanes) is 1. The zero-order chi connectivity index (χ0) is 18.5. The van der Waals surface area contributed by atoms with Crippen LogP contribution >= 0.6 is 0 Å². The fraction of sp³-hybridized carbons (Fsp3) is 0.938. The van der Waals surface area contributed by atoms with Crippen molar-refractivity contribution < 1.29 is 21.6 Å². The Labute approximate surface area is 151 Å². The second-order valence-corrected chi connectivity index (χ2v) is 11.3. The monoisotopic (exact) mass is 394 g/mol. The molecule has 2 aliphatic heterocycles. The van der Waals surface area contributed by atoms with E-state index in [0.29, 0.717) is 38.9 Å². The van der Waals surface area contributed by atoms with Crippen LogP contribution in [0.2, 0.25) is 0 Å². The number of hydrogen-bond donors (Lipinski definition) is 0. The van der Waals surface area contributed by atoms with Crippen molar-refractivity contribution >= 4 is 25.8 Å². The van der Waals surface area contributed by atoms with Crippen LogP contribution in [-0.2, 0) is 24.7 Å². The molecule has 0 bridgehead atoms. The summed E-state index contributed by atoms with van der Waals surface area (Å²) in [7, 11) is -6.23. The summed E-state index contributed by atoms with van der Waals surface area (Å²) in [6, 6.07) is -0.223. The van der Waals surface area contributed by atoms with Gasteiger partial charge in [-0.25, -0.2) is 21.1 Å². The van der Waals surface area contributed by atoms with Crippen LogP contribution in [0.3, 0.4) is 0 Å². The Hall–Kier alpha value is -0.670. The van der Waals surface area contributed by atoms with E-state index in [1.54, 1.807) is 9.21 Å². The molecular weight excluding hydrogens is 364 g/mol. The van der Waals surface area contributed by atoms with E-state index in [1.165, 1.54) is 0 Å². The zero-order valence-corrected chi connectivity index (χ0v) is 16.7. The van der Waals surface area contributed by atoms with Crippen LogP contribution in [0.25, 0.3) is 0 Å². The third kappa shape index (κ3) is 5.92. The van der Waals surface area contributed by atoms with Crippen LogP contribution in [-0.4, -0.2) is 74.9 Å². The molecule has 2 aliphatic rings. The molecule has 7 nitrogen and oxygen atoms in total. The SMILES string of the molecule is CCN(C(=O)CCCCS(=O)(=O)N1CCCCC1)C1CCS(=O)(=O)C1. The topological polar surface area (TPSA) is 91.8 Å². The molecule has 2 saturated heterocycles. The number of nitrogens with zero attached hydrogens (tertiary/aromatic N) is 2. The molecule has 0 N–H and O–H groups in total. The zero-order valence-electron chi connectivity index (χ0n) is 15.0. The molecule has 0 saturated carbocycles. The number of sulfonamides is 1. The van der Waals surface area contributed by atoms with E-state index in [-0.39, 0.29) is 35.6 Å². The van der Waals surface area contributed by atoms with Gasteiger partial charge < -0.3 is 4.90 Å². The molecule has 2 fully saturated rings. The maximum Gasteiger partial charge on any atom is 0.222 e. The highest BCUT2D eigenvalue weighted by molar-refractivity contribution is 7.91. The summed E-state index contributed by atoms with van der Waals surface area (Å²) >= 11 is 0. The molecule has 0 aliphatic carbocycles. The van der Waals surface area contributed by atoms with E-state index in [4.69, 9.17) is 0 Å². The molecule has 0 aromatic carbocycles. The van der Waals surface area contributed by atoms with Crippen LogP contribution in [0.5, 0.6) is 0 Å². The first-order valence-electron chi connectivity index (χ1n) is 9.23. The number of piperidine rings is 1. The summed E-state index contributed by atoms with van der Waals surface area (Å²) in [6.07, 6.45) is 4.70. The Bertz CT molecular complexity index is 654. The van der Waals surface area contributed by atoms with Gasteiger partial charge in [0.15, 0.2) is 9.84 Å². The van der Waals surface area contributed by atoms with E-state index in [9.17, 15) is 21.6 Å². The van der Waals surface area contributed by atoms with Gasteiger partial charge in [0.2, 0.25) is 15.9 Å². The van der Waals surface area contributed by atoms with Gasteiger partial charge in [0, 0.05) is 32.1 Å². The first-order chi connectivity index (χ1) is 11.7. The minimum atomic E-state index is -3.21. The Kier molecular flexibility index (Phi) is 7.28. The molecule has 2 rings (SSSR count). The van der Waals surface area contributed by atoms with Gasteiger partial charge >= 0.3 is 0 Å². The average molecular weight is 395 g/mol. The van der Waals surface area contributed by atoms with Crippen LogP contribution in [0.4, 0.5) is 0 Å². The lowest BCUT2D eigenvalue weighted by molar-refractivity contribution is -0.132. The standard InChI is InChI=1S/C16H30N2O5S2/c1-2-18(15-9-13-24(20,21)14-15)16(19)8-4-7-12-25(22,23)17-10-5-3-6-11-17/h15H,2-14H2,1H3. The van der Waals surface area contributed by atoms with Gasteiger partial charge in [0.05, 0.1) is 17.3 Å². The quantitative estimate of drug-likeness (QED) is 0.573. The van der Waals surface area contributed by atoms with Gasteiger partial charge in [-0.2, -0.15) is 0 Å². The molecule has 9 heteroatoms. The van der Waals surface area contributed by atoms with E-state index in [2.05, 4.69) is 0 Å². The van der Waals surface area contributed by atoms with E-state index in [0.717, 1.165) is 19.3 Å². The predicted octanol–water partition coefficient (Wildman–Crippen LogP) is 1.01. The highest BCUT2D eigenvalue weighted by atomic mass is 32.2. The largest absolute Gasteiger partial charge is 0.339 e. The van der Waals surface area contributed by atoms with Gasteiger partial charge in [0.25, 0.3) is 0 Å². The first kappa shape index (κ1) is 20.6. The molecule has 2 heterocycles. The maximum atomic E-state index is 12.4. The molecule has 25 heavy (non-hydrogen) atoms. The second kappa shape index (κ2) is 8.81. The normalized spacial score (nSPS) is 24.3. The summed E-state index contributed by atoms with van der Waals surface area (Å²) in [6.45, 7) is 3.57. The highest BCUT2D eigenvalue weighted by Gasteiger charge is 2.33. The minimum absolute atomic E-state index is 0.0515. The van der Waals surface area contributed by atoms with Crippen molar-refractivity contribution in [2.24, 2.45) is 0 Å². The number of rotatable bonds is 8. The summed E-state index contributed by atoms with van der Waals surface area (Å²) < 4.78 is 49.3. The van der Waals surface area contributed by atoms with Crippen LogP contribution in [0, 0.1) is 0 Å². The molecule has 1 unspecified atom stereocenters. The van der Waals surface area contributed by atoms with E-state index < -0.39 is 19.9 Å². The fourth-order valence-electron chi connectivity index (χ4n) is 3.64. The Morgan fingerprint density at radius 3 is 2.40 bits per heavy atom. The molecule has 0 aromatic rings. The highest BCUT2D eigenvalue weighted by Crippen LogP contribution is 2.19. The number of sulfone groups is 1. The second-order valence-electron chi connectivity index (χ2n) is 6.97. The van der Waals surface area contributed by atoms with Crippen molar-refractivity contribution in [3.63, 3.8) is 0 Å². The van der Waals surface area contributed by atoms with Gasteiger partial charge in [-0.3, -0.25) is 4.79 Å². The van der Waals surface area contributed by atoms with Crippen LogP contribution in [0.1, 0.15) is 51.9 Å². The summed E-state index contributed by atoms with van der Waals surface area (Å²) in [5, 5.41) is 0. The fourth-order valence-corrected chi connectivity index (χ4v) is 7.01. The minimum Gasteiger partial charge on any atom is -0.339 e. The van der Waals surface area contributed by atoms with Gasteiger partial charge in [-0.15, -0.1) is 0 Å². The molecule has 0 spiro atoms. The average Bonchev–Trinajstić information content (AvgIpc) is 2.93. The van der Waals surface area contributed by atoms with E-state index in [1.807, 2.05) is 6.92 Å².